The van der Waals surface area contributed by atoms with Gasteiger partial charge in [0.2, 0.25) is 6.10 Å². The highest BCUT2D eigenvalue weighted by Gasteiger charge is 2.26. The molecule has 1 aromatic rings. The zero-order valence-electron chi connectivity index (χ0n) is 11.3. The molecule has 1 aromatic carbocycles. The summed E-state index contributed by atoms with van der Waals surface area (Å²) in [5, 5.41) is 9.19. The monoisotopic (exact) mass is 277 g/mol. The van der Waals surface area contributed by atoms with Crippen LogP contribution in [0.15, 0.2) is 30.3 Å². The van der Waals surface area contributed by atoms with Crippen LogP contribution in [0.2, 0.25) is 0 Å². The van der Waals surface area contributed by atoms with Crippen molar-refractivity contribution in [3.8, 4) is 0 Å². The molecule has 0 saturated carbocycles. The van der Waals surface area contributed by atoms with Gasteiger partial charge in [-0.15, -0.1) is 0 Å². The smallest absolute Gasteiger partial charge is 0.410 e. The molecular weight excluding hydrogens is 258 g/mol. The molecule has 1 fully saturated rings. The van der Waals surface area contributed by atoms with E-state index < -0.39 is 18.2 Å². The van der Waals surface area contributed by atoms with E-state index >= 15 is 0 Å². The molecule has 1 heterocycles. The van der Waals surface area contributed by atoms with E-state index in [-0.39, 0.29) is 6.42 Å². The summed E-state index contributed by atoms with van der Waals surface area (Å²) in [6, 6.07) is 9.18. The minimum absolute atomic E-state index is 0.190. The average molecular weight is 277 g/mol. The number of carboxylic acids is 1. The van der Waals surface area contributed by atoms with Gasteiger partial charge in [0.1, 0.15) is 0 Å². The minimum Gasteiger partial charge on any atom is -0.478 e. The molecule has 1 aliphatic heterocycles. The van der Waals surface area contributed by atoms with Gasteiger partial charge in [-0.25, -0.2) is 9.59 Å². The van der Waals surface area contributed by atoms with Gasteiger partial charge in [-0.05, 0) is 24.8 Å². The molecule has 1 saturated heterocycles. The number of amides is 1. The first kappa shape index (κ1) is 14.4. The number of carbonyl (C=O) groups excluding carboxylic acids is 1. The number of hydrogen-bond donors (Lipinski definition) is 1. The van der Waals surface area contributed by atoms with Crippen LogP contribution >= 0.6 is 0 Å². The number of aliphatic carboxylic acids is 1. The summed E-state index contributed by atoms with van der Waals surface area (Å²) in [4.78, 5) is 24.8. The number of likely N-dealkylation sites (tertiary alicyclic amines) is 1. The average Bonchev–Trinajstić information content (AvgIpc) is 2.48. The van der Waals surface area contributed by atoms with Crippen LogP contribution in [0.3, 0.4) is 0 Å². The van der Waals surface area contributed by atoms with Gasteiger partial charge in [0.25, 0.3) is 0 Å². The molecule has 5 nitrogen and oxygen atoms in total. The van der Waals surface area contributed by atoms with Gasteiger partial charge in [0.15, 0.2) is 0 Å². The van der Waals surface area contributed by atoms with Gasteiger partial charge >= 0.3 is 12.1 Å². The van der Waals surface area contributed by atoms with E-state index in [2.05, 4.69) is 0 Å². The molecule has 108 valence electrons. The third kappa shape index (κ3) is 3.98. The summed E-state index contributed by atoms with van der Waals surface area (Å²) < 4.78 is 5.14. The maximum Gasteiger partial charge on any atom is 0.410 e. The van der Waals surface area contributed by atoms with E-state index in [1.54, 1.807) is 4.90 Å². The summed E-state index contributed by atoms with van der Waals surface area (Å²) in [5.74, 6) is -1.11. The summed E-state index contributed by atoms with van der Waals surface area (Å²) in [6.45, 7) is 1.30. The Morgan fingerprint density at radius 1 is 1.15 bits per heavy atom. The lowest BCUT2D eigenvalue weighted by Gasteiger charge is -2.27. The molecule has 1 atom stereocenters. The van der Waals surface area contributed by atoms with E-state index in [9.17, 15) is 14.7 Å². The highest BCUT2D eigenvalue weighted by atomic mass is 16.6. The van der Waals surface area contributed by atoms with E-state index in [0.717, 1.165) is 24.8 Å². The number of hydrogen-bond acceptors (Lipinski definition) is 3. The maximum absolute atomic E-state index is 11.9. The van der Waals surface area contributed by atoms with E-state index in [1.165, 1.54) is 0 Å². The Labute approximate surface area is 118 Å². The lowest BCUT2D eigenvalue weighted by atomic mass is 10.1. The van der Waals surface area contributed by atoms with Gasteiger partial charge < -0.3 is 14.7 Å². The predicted molar refractivity (Wildman–Crippen MR) is 73.5 cm³/mol. The van der Waals surface area contributed by atoms with Crippen LogP contribution in [-0.4, -0.2) is 41.3 Å². The van der Waals surface area contributed by atoms with Crippen molar-refractivity contribution in [3.05, 3.63) is 35.9 Å². The summed E-state index contributed by atoms with van der Waals surface area (Å²) in [5.41, 5.74) is 0.839. The molecule has 0 radical (unpaired) electrons. The first-order valence-corrected chi connectivity index (χ1v) is 6.89. The predicted octanol–water partition coefficient (Wildman–Crippen LogP) is 2.30. The molecule has 0 spiro atoms. The van der Waals surface area contributed by atoms with Crippen LogP contribution < -0.4 is 0 Å². The van der Waals surface area contributed by atoms with Crippen molar-refractivity contribution in [1.82, 2.24) is 4.90 Å². The summed E-state index contributed by atoms with van der Waals surface area (Å²) in [6.07, 6.45) is 1.54. The molecule has 1 amide bonds. The van der Waals surface area contributed by atoms with Crippen LogP contribution in [0.1, 0.15) is 24.8 Å². The second kappa shape index (κ2) is 6.93. The van der Waals surface area contributed by atoms with Gasteiger partial charge in [0.05, 0.1) is 0 Å². The van der Waals surface area contributed by atoms with E-state index in [0.29, 0.717) is 13.1 Å². The summed E-state index contributed by atoms with van der Waals surface area (Å²) in [7, 11) is 0. The van der Waals surface area contributed by atoms with Crippen molar-refractivity contribution in [2.24, 2.45) is 0 Å². The number of carbonyl (C=O) groups is 2. The molecule has 1 unspecified atom stereocenters. The van der Waals surface area contributed by atoms with Gasteiger partial charge in [-0.3, -0.25) is 0 Å². The lowest BCUT2D eigenvalue weighted by molar-refractivity contribution is -0.147. The SMILES string of the molecule is O=C(O)C(Cc1ccccc1)OC(=O)N1CCCCC1. The molecule has 0 bridgehead atoms. The van der Waals surface area contributed by atoms with Crippen molar-refractivity contribution >= 4 is 12.1 Å². The van der Waals surface area contributed by atoms with Crippen molar-refractivity contribution < 1.29 is 19.4 Å². The molecular formula is C15H19NO4. The van der Waals surface area contributed by atoms with Crippen LogP contribution in [0.5, 0.6) is 0 Å². The number of piperidine rings is 1. The highest BCUT2D eigenvalue weighted by Crippen LogP contribution is 2.13. The standard InChI is InChI=1S/C15H19NO4/c17-14(18)13(11-12-7-3-1-4-8-12)20-15(19)16-9-5-2-6-10-16/h1,3-4,7-8,13H,2,5-6,9-11H2,(H,17,18). The fourth-order valence-corrected chi connectivity index (χ4v) is 2.28. The Bertz CT molecular complexity index is 454. The number of rotatable bonds is 4. The topological polar surface area (TPSA) is 66.8 Å². The second-order valence-corrected chi connectivity index (χ2v) is 4.95. The molecule has 5 heteroatoms. The van der Waals surface area contributed by atoms with E-state index in [4.69, 9.17) is 4.74 Å². The largest absolute Gasteiger partial charge is 0.478 e. The molecule has 0 aliphatic carbocycles. The van der Waals surface area contributed by atoms with Crippen molar-refractivity contribution in [2.75, 3.05) is 13.1 Å². The van der Waals surface area contributed by atoms with Gasteiger partial charge in [-0.1, -0.05) is 30.3 Å². The number of ether oxygens (including phenoxy) is 1. The van der Waals surface area contributed by atoms with Crippen molar-refractivity contribution in [2.45, 2.75) is 31.8 Å². The Kier molecular flexibility index (Phi) is 4.98. The fourth-order valence-electron chi connectivity index (χ4n) is 2.28. The van der Waals surface area contributed by atoms with Crippen LogP contribution in [0.4, 0.5) is 4.79 Å². The molecule has 1 N–H and O–H groups in total. The Hall–Kier alpha value is -2.04. The van der Waals surface area contributed by atoms with Crippen LogP contribution in [-0.2, 0) is 16.0 Å². The first-order valence-electron chi connectivity index (χ1n) is 6.89. The van der Waals surface area contributed by atoms with E-state index in [1.807, 2.05) is 30.3 Å². The maximum atomic E-state index is 11.9. The summed E-state index contributed by atoms with van der Waals surface area (Å²) >= 11 is 0. The number of carboxylic acid groups (broad SMARTS) is 1. The Morgan fingerprint density at radius 3 is 2.40 bits per heavy atom. The molecule has 2 rings (SSSR count). The third-order valence-electron chi connectivity index (χ3n) is 3.40. The molecule has 20 heavy (non-hydrogen) atoms. The Morgan fingerprint density at radius 2 is 1.80 bits per heavy atom. The molecule has 1 aliphatic rings. The Balaban J connectivity index is 1.95. The normalized spacial score (nSPS) is 16.5. The zero-order chi connectivity index (χ0) is 14.4. The lowest BCUT2D eigenvalue weighted by Crippen LogP contribution is -2.40. The quantitative estimate of drug-likeness (QED) is 0.917. The number of benzene rings is 1. The van der Waals surface area contributed by atoms with Crippen LogP contribution in [0, 0.1) is 0 Å². The van der Waals surface area contributed by atoms with Gasteiger partial charge in [-0.2, -0.15) is 0 Å². The molecule has 0 aromatic heterocycles. The van der Waals surface area contributed by atoms with Crippen molar-refractivity contribution in [1.29, 1.82) is 0 Å². The first-order chi connectivity index (χ1) is 9.66. The van der Waals surface area contributed by atoms with Crippen molar-refractivity contribution in [3.63, 3.8) is 0 Å². The fraction of sp³-hybridized carbons (Fsp3) is 0.467. The van der Waals surface area contributed by atoms with Crippen LogP contribution in [0.25, 0.3) is 0 Å². The zero-order valence-corrected chi connectivity index (χ0v) is 11.3. The number of nitrogens with zero attached hydrogens (tertiary/aromatic N) is 1. The second-order valence-electron chi connectivity index (χ2n) is 4.95. The minimum atomic E-state index is -1.13. The third-order valence-corrected chi connectivity index (χ3v) is 3.40. The highest BCUT2D eigenvalue weighted by molar-refractivity contribution is 5.77. The van der Waals surface area contributed by atoms with Gasteiger partial charge in [0, 0.05) is 19.5 Å².